The molecule has 24 heavy (non-hydrogen) atoms. The Hall–Kier alpha value is -2.30. The number of aryl methyl sites for hydroxylation is 2. The van der Waals surface area contributed by atoms with E-state index in [1.54, 1.807) is 6.20 Å². The van der Waals surface area contributed by atoms with Crippen LogP contribution < -0.4 is 10.2 Å². The van der Waals surface area contributed by atoms with Gasteiger partial charge in [-0.1, -0.05) is 12.8 Å². The molecular formula is C19H25N3O2. The third kappa shape index (κ3) is 3.96. The summed E-state index contributed by atoms with van der Waals surface area (Å²) in [6.45, 7) is 6.39. The van der Waals surface area contributed by atoms with E-state index in [1.165, 1.54) is 25.7 Å². The van der Waals surface area contributed by atoms with Crippen molar-refractivity contribution < 1.29 is 9.21 Å². The molecule has 0 atom stereocenters. The summed E-state index contributed by atoms with van der Waals surface area (Å²) in [6, 6.07) is 5.76. The Kier molecular flexibility index (Phi) is 5.18. The summed E-state index contributed by atoms with van der Waals surface area (Å²) in [5.41, 5.74) is 1.60. The average molecular weight is 327 g/mol. The van der Waals surface area contributed by atoms with Crippen LogP contribution in [-0.4, -0.2) is 24.0 Å². The predicted octanol–water partition coefficient (Wildman–Crippen LogP) is 3.60. The zero-order valence-electron chi connectivity index (χ0n) is 14.5. The van der Waals surface area contributed by atoms with Crippen molar-refractivity contribution in [3.63, 3.8) is 0 Å². The molecule has 0 unspecified atom stereocenters. The summed E-state index contributed by atoms with van der Waals surface area (Å²) < 4.78 is 5.48. The van der Waals surface area contributed by atoms with Crippen LogP contribution in [0.4, 0.5) is 5.82 Å². The van der Waals surface area contributed by atoms with E-state index >= 15 is 0 Å². The second-order valence-corrected chi connectivity index (χ2v) is 6.43. The second kappa shape index (κ2) is 7.51. The summed E-state index contributed by atoms with van der Waals surface area (Å²) >= 11 is 0. The third-order valence-corrected chi connectivity index (χ3v) is 4.52. The molecule has 0 saturated carbocycles. The van der Waals surface area contributed by atoms with Gasteiger partial charge in [0.15, 0.2) is 0 Å². The van der Waals surface area contributed by atoms with Gasteiger partial charge < -0.3 is 14.6 Å². The zero-order chi connectivity index (χ0) is 16.9. The molecule has 3 rings (SSSR count). The van der Waals surface area contributed by atoms with Crippen LogP contribution in [0.5, 0.6) is 0 Å². The van der Waals surface area contributed by atoms with E-state index in [0.29, 0.717) is 12.1 Å². The normalized spacial score (nSPS) is 15.2. The summed E-state index contributed by atoms with van der Waals surface area (Å²) in [5, 5.41) is 2.93. The molecule has 5 nitrogen and oxygen atoms in total. The topological polar surface area (TPSA) is 58.4 Å². The van der Waals surface area contributed by atoms with E-state index in [1.807, 2.05) is 32.0 Å². The number of amides is 1. The van der Waals surface area contributed by atoms with Gasteiger partial charge in [-0.15, -0.1) is 0 Å². The van der Waals surface area contributed by atoms with Crippen LogP contribution in [0.25, 0.3) is 0 Å². The van der Waals surface area contributed by atoms with Gasteiger partial charge in [-0.2, -0.15) is 0 Å². The predicted molar refractivity (Wildman–Crippen MR) is 94.3 cm³/mol. The molecular weight excluding hydrogens is 302 g/mol. The van der Waals surface area contributed by atoms with Gasteiger partial charge in [0.1, 0.15) is 17.3 Å². The molecule has 1 saturated heterocycles. The van der Waals surface area contributed by atoms with E-state index in [4.69, 9.17) is 4.42 Å². The lowest BCUT2D eigenvalue weighted by atomic mass is 10.2. The molecule has 5 heteroatoms. The van der Waals surface area contributed by atoms with Gasteiger partial charge in [-0.3, -0.25) is 4.79 Å². The van der Waals surface area contributed by atoms with Crippen LogP contribution in [0.15, 0.2) is 28.8 Å². The summed E-state index contributed by atoms with van der Waals surface area (Å²) in [6.07, 6.45) is 6.69. The second-order valence-electron chi connectivity index (χ2n) is 6.43. The molecule has 0 spiro atoms. The number of hydrogen-bond donors (Lipinski definition) is 1. The van der Waals surface area contributed by atoms with Crippen molar-refractivity contribution in [2.45, 2.75) is 46.1 Å². The molecule has 1 amide bonds. The molecule has 1 N–H and O–H groups in total. The van der Waals surface area contributed by atoms with E-state index in [2.05, 4.69) is 15.2 Å². The highest BCUT2D eigenvalue weighted by Crippen LogP contribution is 2.18. The quantitative estimate of drug-likeness (QED) is 0.932. The Morgan fingerprint density at radius 2 is 1.96 bits per heavy atom. The smallest absolute Gasteiger partial charge is 0.253 e. The van der Waals surface area contributed by atoms with Gasteiger partial charge in [0.05, 0.1) is 5.56 Å². The highest BCUT2D eigenvalue weighted by atomic mass is 16.3. The number of hydrogen-bond acceptors (Lipinski definition) is 4. The molecule has 2 aromatic heterocycles. The van der Waals surface area contributed by atoms with Crippen LogP contribution in [0.3, 0.4) is 0 Å². The van der Waals surface area contributed by atoms with Crippen LogP contribution >= 0.6 is 0 Å². The molecule has 3 heterocycles. The fourth-order valence-electron chi connectivity index (χ4n) is 3.14. The number of anilines is 1. The maximum Gasteiger partial charge on any atom is 0.253 e. The zero-order valence-corrected chi connectivity index (χ0v) is 14.5. The standard InChI is InChI=1S/C19H25N3O2/c1-14-11-17(15(2)24-14)13-21-19(23)16-7-8-18(20-12-16)22-9-5-3-4-6-10-22/h7-8,11-12H,3-6,9-10,13H2,1-2H3,(H,21,23). The third-order valence-electron chi connectivity index (χ3n) is 4.52. The van der Waals surface area contributed by atoms with Crippen molar-refractivity contribution in [1.29, 1.82) is 0 Å². The Labute approximate surface area is 143 Å². The summed E-state index contributed by atoms with van der Waals surface area (Å²) in [4.78, 5) is 19.1. The fraction of sp³-hybridized carbons (Fsp3) is 0.474. The van der Waals surface area contributed by atoms with Crippen molar-refractivity contribution in [3.8, 4) is 0 Å². The average Bonchev–Trinajstić information content (AvgIpc) is 2.79. The number of nitrogens with one attached hydrogen (secondary N) is 1. The maximum atomic E-state index is 12.3. The van der Waals surface area contributed by atoms with Gasteiger partial charge in [0.2, 0.25) is 0 Å². The van der Waals surface area contributed by atoms with Crippen molar-refractivity contribution in [3.05, 3.63) is 47.0 Å². The molecule has 2 aromatic rings. The number of pyridine rings is 1. The van der Waals surface area contributed by atoms with E-state index in [0.717, 1.165) is 36.0 Å². The number of aromatic nitrogens is 1. The first-order valence-corrected chi connectivity index (χ1v) is 8.68. The van der Waals surface area contributed by atoms with Crippen LogP contribution in [-0.2, 0) is 6.54 Å². The lowest BCUT2D eigenvalue weighted by molar-refractivity contribution is 0.0950. The summed E-state index contributed by atoms with van der Waals surface area (Å²) in [7, 11) is 0. The summed E-state index contributed by atoms with van der Waals surface area (Å²) in [5.74, 6) is 2.57. The first kappa shape index (κ1) is 16.6. The van der Waals surface area contributed by atoms with Gasteiger partial charge in [-0.25, -0.2) is 4.98 Å². The SMILES string of the molecule is Cc1cc(CNC(=O)c2ccc(N3CCCCCC3)nc2)c(C)o1. The molecule has 0 aliphatic carbocycles. The Balaban J connectivity index is 1.60. The largest absolute Gasteiger partial charge is 0.466 e. The van der Waals surface area contributed by atoms with Gasteiger partial charge in [0.25, 0.3) is 5.91 Å². The van der Waals surface area contributed by atoms with Crippen LogP contribution in [0, 0.1) is 13.8 Å². The molecule has 0 aromatic carbocycles. The molecule has 128 valence electrons. The Morgan fingerprint density at radius 1 is 1.21 bits per heavy atom. The first-order valence-electron chi connectivity index (χ1n) is 8.68. The number of furan rings is 1. The minimum absolute atomic E-state index is 0.108. The van der Waals surface area contributed by atoms with Crippen LogP contribution in [0.1, 0.15) is 53.1 Å². The highest BCUT2D eigenvalue weighted by molar-refractivity contribution is 5.94. The Morgan fingerprint density at radius 3 is 2.54 bits per heavy atom. The Bertz CT molecular complexity index is 683. The lowest BCUT2D eigenvalue weighted by Gasteiger charge is -2.21. The van der Waals surface area contributed by atoms with Gasteiger partial charge >= 0.3 is 0 Å². The van der Waals surface area contributed by atoms with Crippen molar-refractivity contribution in [1.82, 2.24) is 10.3 Å². The fourth-order valence-corrected chi connectivity index (χ4v) is 3.14. The molecule has 0 radical (unpaired) electrons. The van der Waals surface area contributed by atoms with Crippen LogP contribution in [0.2, 0.25) is 0 Å². The van der Waals surface area contributed by atoms with Crippen molar-refractivity contribution in [2.24, 2.45) is 0 Å². The molecule has 0 bridgehead atoms. The van der Waals surface area contributed by atoms with Gasteiger partial charge in [-0.05, 0) is 44.9 Å². The van der Waals surface area contributed by atoms with E-state index in [-0.39, 0.29) is 5.91 Å². The van der Waals surface area contributed by atoms with E-state index in [9.17, 15) is 4.79 Å². The monoisotopic (exact) mass is 327 g/mol. The minimum atomic E-state index is -0.108. The minimum Gasteiger partial charge on any atom is -0.466 e. The number of carbonyl (C=O) groups excluding carboxylic acids is 1. The highest BCUT2D eigenvalue weighted by Gasteiger charge is 2.13. The van der Waals surface area contributed by atoms with Gasteiger partial charge in [0, 0.05) is 31.4 Å². The van der Waals surface area contributed by atoms with Crippen molar-refractivity contribution >= 4 is 11.7 Å². The number of carbonyl (C=O) groups is 1. The van der Waals surface area contributed by atoms with E-state index < -0.39 is 0 Å². The molecule has 1 aliphatic heterocycles. The number of rotatable bonds is 4. The molecule has 1 fully saturated rings. The van der Waals surface area contributed by atoms with Crippen molar-refractivity contribution in [2.75, 3.05) is 18.0 Å². The molecule has 1 aliphatic rings. The number of nitrogens with zero attached hydrogens (tertiary/aromatic N) is 2. The lowest BCUT2D eigenvalue weighted by Crippen LogP contribution is -2.26. The maximum absolute atomic E-state index is 12.3. The first-order chi connectivity index (χ1) is 11.6.